The van der Waals surface area contributed by atoms with Gasteiger partial charge in [0, 0.05) is 0 Å². The lowest BCUT2D eigenvalue weighted by atomic mass is 9.69. The first-order valence-corrected chi connectivity index (χ1v) is 9.08. The van der Waals surface area contributed by atoms with Crippen molar-refractivity contribution in [2.75, 3.05) is 27.2 Å². The Bertz CT molecular complexity index is 514. The van der Waals surface area contributed by atoms with E-state index in [2.05, 4.69) is 85.1 Å². The minimum absolute atomic E-state index is 0.490. The van der Waals surface area contributed by atoms with Crippen molar-refractivity contribution in [3.63, 3.8) is 0 Å². The summed E-state index contributed by atoms with van der Waals surface area (Å²) < 4.78 is 0. The van der Waals surface area contributed by atoms with Crippen molar-refractivity contribution >= 4 is 0 Å². The summed E-state index contributed by atoms with van der Waals surface area (Å²) in [6.07, 6.45) is 0. The minimum Gasteiger partial charge on any atom is -0.319 e. The summed E-state index contributed by atoms with van der Waals surface area (Å²) in [4.78, 5) is 0. The molecule has 0 saturated carbocycles. The molecule has 2 rings (SSSR count). The monoisotopic (exact) mass is 324 g/mol. The molecule has 0 aromatic heterocycles. The lowest BCUT2D eigenvalue weighted by Gasteiger charge is -2.37. The molecule has 0 bridgehead atoms. The molecule has 0 unspecified atom stereocenters. The molecular weight excluding hydrogens is 292 g/mol. The minimum atomic E-state index is 0.490. The van der Waals surface area contributed by atoms with Gasteiger partial charge in [-0.2, -0.15) is 0 Å². The Labute approximate surface area is 147 Å². The van der Waals surface area contributed by atoms with Crippen molar-refractivity contribution in [2.24, 2.45) is 11.8 Å². The molecule has 0 aliphatic rings. The van der Waals surface area contributed by atoms with Gasteiger partial charge in [0.1, 0.15) is 0 Å². The lowest BCUT2D eigenvalue weighted by molar-refractivity contribution is 0.309. The van der Waals surface area contributed by atoms with E-state index in [0.29, 0.717) is 23.7 Å². The molecule has 2 aromatic rings. The smallest absolute Gasteiger partial charge is 0.00201 e. The first-order chi connectivity index (χ1) is 11.7. The number of hydrogen-bond donors (Lipinski definition) is 2. The zero-order chi connectivity index (χ0) is 17.4. The van der Waals surface area contributed by atoms with E-state index in [9.17, 15) is 0 Å². The first-order valence-electron chi connectivity index (χ1n) is 9.08. The van der Waals surface area contributed by atoms with E-state index in [-0.39, 0.29) is 0 Å². The standard InChI is InChI=1S/C22H32N2/c1-17(15-23-3)21(19-11-7-5-8-12-19)22(18(2)16-24-4)20-13-9-6-10-14-20/h5-14,17-18,21-24H,15-16H2,1-4H3/t17-,18-,21+,22+/m0/s1. The molecule has 0 amide bonds. The van der Waals surface area contributed by atoms with Gasteiger partial charge in [0.25, 0.3) is 0 Å². The molecule has 24 heavy (non-hydrogen) atoms. The predicted molar refractivity (Wildman–Crippen MR) is 105 cm³/mol. The van der Waals surface area contributed by atoms with Gasteiger partial charge >= 0.3 is 0 Å². The molecule has 0 fully saturated rings. The van der Waals surface area contributed by atoms with Crippen LogP contribution in [0.1, 0.15) is 36.8 Å². The van der Waals surface area contributed by atoms with E-state index in [4.69, 9.17) is 0 Å². The molecule has 2 aromatic carbocycles. The van der Waals surface area contributed by atoms with Gasteiger partial charge in [0.2, 0.25) is 0 Å². The highest BCUT2D eigenvalue weighted by atomic mass is 14.8. The number of hydrogen-bond acceptors (Lipinski definition) is 2. The number of benzene rings is 2. The van der Waals surface area contributed by atoms with Crippen LogP contribution in [0.15, 0.2) is 60.7 Å². The Morgan fingerprint density at radius 3 is 1.25 bits per heavy atom. The van der Waals surface area contributed by atoms with Gasteiger partial charge in [-0.25, -0.2) is 0 Å². The van der Waals surface area contributed by atoms with Crippen molar-refractivity contribution < 1.29 is 0 Å². The van der Waals surface area contributed by atoms with Gasteiger partial charge in [0.05, 0.1) is 0 Å². The van der Waals surface area contributed by atoms with Gasteiger partial charge in [0.15, 0.2) is 0 Å². The van der Waals surface area contributed by atoms with E-state index < -0.39 is 0 Å². The average Bonchev–Trinajstić information content (AvgIpc) is 2.61. The van der Waals surface area contributed by atoms with Crippen LogP contribution in [-0.2, 0) is 0 Å². The maximum atomic E-state index is 3.38. The van der Waals surface area contributed by atoms with E-state index in [0.717, 1.165) is 13.1 Å². The molecule has 4 atom stereocenters. The highest BCUT2D eigenvalue weighted by molar-refractivity contribution is 5.30. The van der Waals surface area contributed by atoms with Crippen molar-refractivity contribution in [3.8, 4) is 0 Å². The summed E-state index contributed by atoms with van der Waals surface area (Å²) in [6.45, 7) is 6.79. The van der Waals surface area contributed by atoms with Gasteiger partial charge in [-0.1, -0.05) is 74.5 Å². The second-order valence-electron chi connectivity index (χ2n) is 6.94. The van der Waals surface area contributed by atoms with Crippen molar-refractivity contribution in [1.29, 1.82) is 0 Å². The number of nitrogens with one attached hydrogen (secondary N) is 2. The van der Waals surface area contributed by atoms with Crippen molar-refractivity contribution in [3.05, 3.63) is 71.8 Å². The first kappa shape index (κ1) is 18.7. The maximum absolute atomic E-state index is 3.38. The Morgan fingerprint density at radius 2 is 0.958 bits per heavy atom. The molecule has 0 aliphatic heterocycles. The van der Waals surface area contributed by atoms with Crippen LogP contribution in [0.25, 0.3) is 0 Å². The van der Waals surface area contributed by atoms with E-state index >= 15 is 0 Å². The Morgan fingerprint density at radius 1 is 0.625 bits per heavy atom. The lowest BCUT2D eigenvalue weighted by Crippen LogP contribution is -2.32. The molecular formula is C22H32N2. The van der Waals surface area contributed by atoms with Crippen LogP contribution in [0.5, 0.6) is 0 Å². The van der Waals surface area contributed by atoms with Crippen molar-refractivity contribution in [1.82, 2.24) is 10.6 Å². The number of rotatable bonds is 9. The fourth-order valence-corrected chi connectivity index (χ4v) is 4.03. The van der Waals surface area contributed by atoms with Crippen LogP contribution in [-0.4, -0.2) is 27.2 Å². The zero-order valence-corrected chi connectivity index (χ0v) is 15.5. The SMILES string of the molecule is CNC[C@H](C)[C@H](c1ccccc1)[C@@H](c1ccccc1)[C@@H](C)CNC. The normalized spacial score (nSPS) is 16.3. The molecule has 0 spiro atoms. The summed E-state index contributed by atoms with van der Waals surface area (Å²) >= 11 is 0. The van der Waals surface area contributed by atoms with Gasteiger partial charge in [-0.15, -0.1) is 0 Å². The van der Waals surface area contributed by atoms with Crippen LogP contribution in [0, 0.1) is 11.8 Å². The highest BCUT2D eigenvalue weighted by Gasteiger charge is 2.32. The Kier molecular flexibility index (Phi) is 7.48. The molecule has 0 heterocycles. The average molecular weight is 325 g/mol. The van der Waals surface area contributed by atoms with Crippen LogP contribution in [0.3, 0.4) is 0 Å². The summed E-state index contributed by atoms with van der Waals surface area (Å²) in [5, 5.41) is 6.76. The summed E-state index contributed by atoms with van der Waals surface area (Å²) in [7, 11) is 4.10. The predicted octanol–water partition coefficient (Wildman–Crippen LogP) is 4.27. The fraction of sp³-hybridized carbons (Fsp3) is 0.455. The maximum Gasteiger partial charge on any atom is -0.00201 e. The largest absolute Gasteiger partial charge is 0.319 e. The van der Waals surface area contributed by atoms with Crippen LogP contribution >= 0.6 is 0 Å². The van der Waals surface area contributed by atoms with E-state index in [1.165, 1.54) is 11.1 Å². The molecule has 2 nitrogen and oxygen atoms in total. The van der Waals surface area contributed by atoms with Crippen molar-refractivity contribution in [2.45, 2.75) is 25.7 Å². The van der Waals surface area contributed by atoms with Gasteiger partial charge < -0.3 is 10.6 Å². The van der Waals surface area contributed by atoms with Gasteiger partial charge in [-0.05, 0) is 62.0 Å². The Hall–Kier alpha value is -1.64. The van der Waals surface area contributed by atoms with Crippen LogP contribution in [0.4, 0.5) is 0 Å². The summed E-state index contributed by atoms with van der Waals surface area (Å²) in [5.74, 6) is 2.10. The van der Waals surface area contributed by atoms with E-state index in [1.54, 1.807) is 0 Å². The third-order valence-corrected chi connectivity index (χ3v) is 5.03. The zero-order valence-electron chi connectivity index (χ0n) is 15.5. The third kappa shape index (κ3) is 4.68. The van der Waals surface area contributed by atoms with Crippen LogP contribution < -0.4 is 10.6 Å². The molecule has 0 aliphatic carbocycles. The second-order valence-corrected chi connectivity index (χ2v) is 6.94. The molecule has 2 N–H and O–H groups in total. The fourth-order valence-electron chi connectivity index (χ4n) is 4.03. The van der Waals surface area contributed by atoms with Crippen LogP contribution in [0.2, 0.25) is 0 Å². The second kappa shape index (κ2) is 9.61. The summed E-state index contributed by atoms with van der Waals surface area (Å²) in [6, 6.07) is 22.0. The molecule has 130 valence electrons. The Balaban J connectivity index is 2.47. The third-order valence-electron chi connectivity index (χ3n) is 5.03. The molecule has 0 radical (unpaired) electrons. The molecule has 2 heteroatoms. The quantitative estimate of drug-likeness (QED) is 0.720. The van der Waals surface area contributed by atoms with E-state index in [1.807, 2.05) is 14.1 Å². The topological polar surface area (TPSA) is 24.1 Å². The van der Waals surface area contributed by atoms with Gasteiger partial charge in [-0.3, -0.25) is 0 Å². The highest BCUT2D eigenvalue weighted by Crippen LogP contribution is 2.42. The molecule has 0 saturated heterocycles. The summed E-state index contributed by atoms with van der Waals surface area (Å²) in [5.41, 5.74) is 2.88.